The van der Waals surface area contributed by atoms with Crippen molar-refractivity contribution in [2.24, 2.45) is 0 Å². The molecule has 1 aromatic heterocycles. The largest absolute Gasteiger partial charge is 0.478 e. The van der Waals surface area contributed by atoms with Gasteiger partial charge in [-0.05, 0) is 55.8 Å². The molecule has 5 rings (SSSR count). The number of para-hydroxylation sites is 1. The minimum absolute atomic E-state index is 0.168. The number of nitriles is 2. The molecular weight excluding hydrogens is 509 g/mol. The number of aromatic nitrogens is 2. The normalized spacial score (nSPS) is 13.9. The highest BCUT2D eigenvalue weighted by Crippen LogP contribution is 2.31. The summed E-state index contributed by atoms with van der Waals surface area (Å²) in [5.74, 6) is -1.01. The average Bonchev–Trinajstić information content (AvgIpc) is 2.96. The van der Waals surface area contributed by atoms with E-state index in [4.69, 9.17) is 10.2 Å². The predicted octanol–water partition coefficient (Wildman–Crippen LogP) is 5.02. The molecule has 1 atom stereocenters. The Kier molecular flexibility index (Phi) is 7.17. The van der Waals surface area contributed by atoms with Crippen LogP contribution in [0.4, 0.5) is 21.6 Å². The minimum atomic E-state index is -1.02. The molecule has 200 valence electrons. The van der Waals surface area contributed by atoms with Gasteiger partial charge in [0, 0.05) is 37.4 Å². The summed E-state index contributed by atoms with van der Waals surface area (Å²) in [6.07, 6.45) is 0. The monoisotopic (exact) mass is 535 g/mol. The zero-order valence-electron chi connectivity index (χ0n) is 22.0. The van der Waals surface area contributed by atoms with Crippen LogP contribution in [-0.4, -0.2) is 47.2 Å². The van der Waals surface area contributed by atoms with E-state index in [9.17, 15) is 19.6 Å². The molecule has 2 N–H and O–H groups in total. The highest BCUT2D eigenvalue weighted by Gasteiger charge is 2.25. The molecule has 0 bridgehead atoms. The SMILES string of the molecule is Cc1cc([C@@H](C)Nc2ccccc2C(=O)O)c2nc(N3CCN(c4ccc(C#N)cc4F)CC3)c(C#N)nc2c1. The van der Waals surface area contributed by atoms with E-state index in [1.54, 1.807) is 36.4 Å². The molecule has 9 nitrogen and oxygen atoms in total. The molecular formula is C30H26FN7O2. The number of carboxylic acids is 1. The fourth-order valence-electron chi connectivity index (χ4n) is 5.05. The molecule has 4 aromatic rings. The number of fused-ring (bicyclic) bond motifs is 1. The van der Waals surface area contributed by atoms with E-state index in [1.807, 2.05) is 41.8 Å². The minimum Gasteiger partial charge on any atom is -0.478 e. The van der Waals surface area contributed by atoms with Crippen LogP contribution in [0.1, 0.15) is 45.7 Å². The zero-order valence-corrected chi connectivity index (χ0v) is 22.0. The number of hydrogen-bond acceptors (Lipinski definition) is 8. The number of aryl methyl sites for hydroxylation is 1. The summed E-state index contributed by atoms with van der Waals surface area (Å²) in [5.41, 5.74) is 4.53. The van der Waals surface area contributed by atoms with E-state index < -0.39 is 11.8 Å². The number of carbonyl (C=O) groups is 1. The van der Waals surface area contributed by atoms with Crippen molar-refractivity contribution in [1.29, 1.82) is 10.5 Å². The van der Waals surface area contributed by atoms with Crippen LogP contribution in [0.2, 0.25) is 0 Å². The molecule has 1 aliphatic heterocycles. The summed E-state index contributed by atoms with van der Waals surface area (Å²) in [4.78, 5) is 25.2. The van der Waals surface area contributed by atoms with Crippen molar-refractivity contribution in [1.82, 2.24) is 9.97 Å². The van der Waals surface area contributed by atoms with Gasteiger partial charge in [0.2, 0.25) is 0 Å². The first-order valence-corrected chi connectivity index (χ1v) is 12.8. The van der Waals surface area contributed by atoms with Crippen LogP contribution in [-0.2, 0) is 0 Å². The Morgan fingerprint density at radius 3 is 2.42 bits per heavy atom. The van der Waals surface area contributed by atoms with Gasteiger partial charge in [0.15, 0.2) is 11.5 Å². The van der Waals surface area contributed by atoms with Gasteiger partial charge < -0.3 is 20.2 Å². The van der Waals surface area contributed by atoms with E-state index in [1.165, 1.54) is 6.07 Å². The summed E-state index contributed by atoms with van der Waals surface area (Å²) in [5, 5.41) is 31.8. The van der Waals surface area contributed by atoms with Gasteiger partial charge >= 0.3 is 5.97 Å². The van der Waals surface area contributed by atoms with Crippen LogP contribution < -0.4 is 15.1 Å². The maximum absolute atomic E-state index is 14.6. The van der Waals surface area contributed by atoms with E-state index >= 15 is 0 Å². The van der Waals surface area contributed by atoms with Crippen LogP contribution in [0.15, 0.2) is 54.6 Å². The Morgan fingerprint density at radius 2 is 1.75 bits per heavy atom. The number of piperazine rings is 1. The number of halogens is 1. The summed E-state index contributed by atoms with van der Waals surface area (Å²) < 4.78 is 14.6. The average molecular weight is 536 g/mol. The van der Waals surface area contributed by atoms with Crippen molar-refractivity contribution in [3.05, 3.63) is 88.4 Å². The van der Waals surface area contributed by atoms with Crippen molar-refractivity contribution in [3.8, 4) is 12.1 Å². The lowest BCUT2D eigenvalue weighted by atomic mass is 10.0. The first kappa shape index (κ1) is 26.4. The van der Waals surface area contributed by atoms with Crippen molar-refractivity contribution in [2.45, 2.75) is 19.9 Å². The molecule has 0 aliphatic carbocycles. The van der Waals surface area contributed by atoms with Crippen molar-refractivity contribution in [3.63, 3.8) is 0 Å². The smallest absolute Gasteiger partial charge is 0.337 e. The fourth-order valence-corrected chi connectivity index (χ4v) is 5.05. The number of hydrogen-bond donors (Lipinski definition) is 2. The van der Waals surface area contributed by atoms with E-state index in [2.05, 4.69) is 16.4 Å². The molecule has 10 heteroatoms. The highest BCUT2D eigenvalue weighted by atomic mass is 19.1. The quantitative estimate of drug-likeness (QED) is 0.350. The molecule has 3 aromatic carbocycles. The van der Waals surface area contributed by atoms with E-state index in [0.717, 1.165) is 11.1 Å². The fraction of sp³-hybridized carbons (Fsp3) is 0.233. The molecule has 2 heterocycles. The Hall–Kier alpha value is -5.22. The number of aromatic carboxylic acids is 1. The summed E-state index contributed by atoms with van der Waals surface area (Å²) >= 11 is 0. The zero-order chi connectivity index (χ0) is 28.4. The first-order chi connectivity index (χ1) is 19.3. The Morgan fingerprint density at radius 1 is 1.02 bits per heavy atom. The van der Waals surface area contributed by atoms with Gasteiger partial charge in [-0.3, -0.25) is 0 Å². The van der Waals surface area contributed by atoms with Gasteiger partial charge in [-0.2, -0.15) is 10.5 Å². The van der Waals surface area contributed by atoms with Gasteiger partial charge in [-0.25, -0.2) is 19.2 Å². The van der Waals surface area contributed by atoms with Crippen LogP contribution in [0, 0.1) is 35.4 Å². The van der Waals surface area contributed by atoms with Gasteiger partial charge in [-0.15, -0.1) is 0 Å². The number of carboxylic acid groups (broad SMARTS) is 1. The molecule has 0 unspecified atom stereocenters. The second-order valence-electron chi connectivity index (χ2n) is 9.70. The third kappa shape index (κ3) is 5.07. The first-order valence-electron chi connectivity index (χ1n) is 12.8. The predicted molar refractivity (Wildman–Crippen MR) is 150 cm³/mol. The lowest BCUT2D eigenvalue weighted by Gasteiger charge is -2.37. The molecule has 40 heavy (non-hydrogen) atoms. The Balaban J connectivity index is 1.46. The molecule has 0 amide bonds. The lowest BCUT2D eigenvalue weighted by Crippen LogP contribution is -2.47. The van der Waals surface area contributed by atoms with Crippen molar-refractivity contribution >= 4 is 34.2 Å². The summed E-state index contributed by atoms with van der Waals surface area (Å²) in [6, 6.07) is 18.8. The second kappa shape index (κ2) is 10.9. The number of rotatable bonds is 6. The molecule has 1 saturated heterocycles. The third-order valence-electron chi connectivity index (χ3n) is 7.02. The van der Waals surface area contributed by atoms with Crippen LogP contribution in [0.3, 0.4) is 0 Å². The second-order valence-corrected chi connectivity index (χ2v) is 9.70. The molecule has 0 spiro atoms. The summed E-state index contributed by atoms with van der Waals surface area (Å²) in [6.45, 7) is 5.85. The number of nitrogens with one attached hydrogen (secondary N) is 1. The standard InChI is InChI=1S/C30H26FN7O2/c1-18-13-22(19(2)34-24-6-4-3-5-21(24)30(39)40)28-25(14-18)35-26(17-33)29(36-28)38-11-9-37(10-12-38)27-8-7-20(16-32)15-23(27)31/h3-8,13-15,19,34H,9-12H2,1-2H3,(H,39,40)/t19-/m1/s1. The lowest BCUT2D eigenvalue weighted by molar-refractivity contribution is 0.0698. The highest BCUT2D eigenvalue weighted by molar-refractivity contribution is 5.94. The number of nitrogens with zero attached hydrogens (tertiary/aromatic N) is 6. The maximum atomic E-state index is 14.6. The van der Waals surface area contributed by atoms with Gasteiger partial charge in [0.05, 0.1) is 40.0 Å². The number of benzene rings is 3. The van der Waals surface area contributed by atoms with Crippen molar-refractivity contribution < 1.29 is 14.3 Å². The molecule has 0 radical (unpaired) electrons. The van der Waals surface area contributed by atoms with E-state index in [0.29, 0.717) is 54.4 Å². The van der Waals surface area contributed by atoms with Crippen molar-refractivity contribution in [2.75, 3.05) is 41.3 Å². The van der Waals surface area contributed by atoms with Crippen LogP contribution >= 0.6 is 0 Å². The van der Waals surface area contributed by atoms with Crippen LogP contribution in [0.25, 0.3) is 11.0 Å². The van der Waals surface area contributed by atoms with Gasteiger partial charge in [-0.1, -0.05) is 18.2 Å². The third-order valence-corrected chi connectivity index (χ3v) is 7.02. The Bertz CT molecular complexity index is 1700. The molecule has 1 fully saturated rings. The maximum Gasteiger partial charge on any atom is 0.337 e. The van der Waals surface area contributed by atoms with E-state index in [-0.39, 0.29) is 22.9 Å². The number of anilines is 3. The molecule has 0 saturated carbocycles. The topological polar surface area (TPSA) is 129 Å². The van der Waals surface area contributed by atoms with Crippen LogP contribution in [0.5, 0.6) is 0 Å². The van der Waals surface area contributed by atoms with Gasteiger partial charge in [0.25, 0.3) is 0 Å². The van der Waals surface area contributed by atoms with Gasteiger partial charge in [0.1, 0.15) is 11.9 Å². The molecule has 1 aliphatic rings. The summed E-state index contributed by atoms with van der Waals surface area (Å²) in [7, 11) is 0. The Labute approximate surface area is 230 Å².